The van der Waals surface area contributed by atoms with Gasteiger partial charge < -0.3 is 14.4 Å². The molecule has 0 radical (unpaired) electrons. The zero-order valence-electron chi connectivity index (χ0n) is 16.9. The van der Waals surface area contributed by atoms with Gasteiger partial charge >= 0.3 is 0 Å². The van der Waals surface area contributed by atoms with E-state index in [2.05, 4.69) is 49.1 Å². The Balaban J connectivity index is 1.45. The summed E-state index contributed by atoms with van der Waals surface area (Å²) in [5, 5.41) is 0. The van der Waals surface area contributed by atoms with Crippen LogP contribution in [0.4, 0.5) is 0 Å². The molecule has 2 aromatic carbocycles. The van der Waals surface area contributed by atoms with Gasteiger partial charge in [-0.3, -0.25) is 4.79 Å². The van der Waals surface area contributed by atoms with Crippen molar-refractivity contribution < 1.29 is 14.3 Å². The highest BCUT2D eigenvalue weighted by Gasteiger charge is 2.30. The molecule has 1 unspecified atom stereocenters. The van der Waals surface area contributed by atoms with Gasteiger partial charge in [0.2, 0.25) is 5.91 Å². The summed E-state index contributed by atoms with van der Waals surface area (Å²) in [7, 11) is 0. The minimum Gasteiger partial charge on any atom is -0.490 e. The topological polar surface area (TPSA) is 38.8 Å². The predicted octanol–water partition coefficient (Wildman–Crippen LogP) is 4.76. The number of ether oxygens (including phenoxy) is 2. The first kappa shape index (κ1) is 18.9. The van der Waals surface area contributed by atoms with E-state index in [0.29, 0.717) is 19.6 Å². The summed E-state index contributed by atoms with van der Waals surface area (Å²) < 4.78 is 11.6. The van der Waals surface area contributed by atoms with Crippen LogP contribution >= 0.6 is 0 Å². The molecule has 4 rings (SSSR count). The van der Waals surface area contributed by atoms with Crippen molar-refractivity contribution in [2.24, 2.45) is 0 Å². The lowest BCUT2D eigenvalue weighted by Crippen LogP contribution is -2.30. The van der Waals surface area contributed by atoms with Gasteiger partial charge in [0.05, 0.1) is 19.3 Å². The van der Waals surface area contributed by atoms with E-state index in [9.17, 15) is 4.79 Å². The Hall–Kier alpha value is -2.49. The summed E-state index contributed by atoms with van der Waals surface area (Å²) in [4.78, 5) is 15.1. The molecule has 0 spiro atoms. The molecule has 1 amide bonds. The van der Waals surface area contributed by atoms with Gasteiger partial charge in [0.1, 0.15) is 0 Å². The average molecular weight is 380 g/mol. The molecular weight excluding hydrogens is 350 g/mol. The van der Waals surface area contributed by atoms with Crippen molar-refractivity contribution in [3.8, 4) is 11.5 Å². The molecule has 1 atom stereocenters. The third-order valence-electron chi connectivity index (χ3n) is 5.84. The van der Waals surface area contributed by atoms with E-state index in [1.165, 1.54) is 16.7 Å². The van der Waals surface area contributed by atoms with Gasteiger partial charge in [0, 0.05) is 19.4 Å². The molecule has 2 aliphatic rings. The number of nitrogens with zero attached hydrogens (tertiary/aromatic N) is 1. The number of aryl methyl sites for hydroxylation is 3. The maximum Gasteiger partial charge on any atom is 0.223 e. The SMILES string of the molecule is Cc1ccc(CCC(=O)N2CCCC2c2ccc3c(c2)OCCCO3)c(C)c1. The molecule has 28 heavy (non-hydrogen) atoms. The Morgan fingerprint density at radius 1 is 1.04 bits per heavy atom. The van der Waals surface area contributed by atoms with Crippen molar-refractivity contribution in [1.29, 1.82) is 0 Å². The van der Waals surface area contributed by atoms with Crippen LogP contribution in [0.15, 0.2) is 36.4 Å². The van der Waals surface area contributed by atoms with Crippen molar-refractivity contribution in [2.45, 2.75) is 52.0 Å². The van der Waals surface area contributed by atoms with Gasteiger partial charge in [0.25, 0.3) is 0 Å². The minimum absolute atomic E-state index is 0.142. The fraction of sp³-hybridized carbons (Fsp3) is 0.458. The number of hydrogen-bond donors (Lipinski definition) is 0. The van der Waals surface area contributed by atoms with Crippen LogP contribution in [0.2, 0.25) is 0 Å². The van der Waals surface area contributed by atoms with E-state index < -0.39 is 0 Å². The molecule has 2 heterocycles. The predicted molar refractivity (Wildman–Crippen MR) is 110 cm³/mol. The Morgan fingerprint density at radius 3 is 2.68 bits per heavy atom. The first-order valence-corrected chi connectivity index (χ1v) is 10.4. The average Bonchev–Trinajstić information content (AvgIpc) is 3.06. The minimum atomic E-state index is 0.142. The summed E-state index contributed by atoms with van der Waals surface area (Å²) in [6.45, 7) is 6.44. The summed E-state index contributed by atoms with van der Waals surface area (Å²) in [6, 6.07) is 12.8. The summed E-state index contributed by atoms with van der Waals surface area (Å²) >= 11 is 0. The highest BCUT2D eigenvalue weighted by atomic mass is 16.5. The Kier molecular flexibility index (Phi) is 5.56. The number of carbonyl (C=O) groups excluding carboxylic acids is 1. The number of amides is 1. The van der Waals surface area contributed by atoms with E-state index in [4.69, 9.17) is 9.47 Å². The standard InChI is InChI=1S/C24H29NO3/c1-17-6-7-19(18(2)15-17)9-11-24(26)25-12-3-5-21(25)20-8-10-22-23(16-20)28-14-4-13-27-22/h6-8,10,15-16,21H,3-5,9,11-14H2,1-2H3. The summed E-state index contributed by atoms with van der Waals surface area (Å²) in [6.07, 6.45) is 4.32. The molecule has 2 aromatic rings. The van der Waals surface area contributed by atoms with Gasteiger partial charge in [-0.1, -0.05) is 29.8 Å². The van der Waals surface area contributed by atoms with E-state index >= 15 is 0 Å². The molecule has 4 heteroatoms. The van der Waals surface area contributed by atoms with Gasteiger partial charge in [-0.15, -0.1) is 0 Å². The number of likely N-dealkylation sites (tertiary alicyclic amines) is 1. The van der Waals surface area contributed by atoms with Crippen LogP contribution in [0.3, 0.4) is 0 Å². The molecule has 1 fully saturated rings. The van der Waals surface area contributed by atoms with E-state index in [1.807, 2.05) is 6.07 Å². The molecule has 0 aliphatic carbocycles. The van der Waals surface area contributed by atoms with Gasteiger partial charge in [0.15, 0.2) is 11.5 Å². The zero-order chi connectivity index (χ0) is 19.5. The fourth-order valence-corrected chi connectivity index (χ4v) is 4.31. The molecule has 148 valence electrons. The Labute approximate surface area is 167 Å². The van der Waals surface area contributed by atoms with Crippen LogP contribution in [0.5, 0.6) is 11.5 Å². The molecule has 0 bridgehead atoms. The molecule has 1 saturated heterocycles. The van der Waals surface area contributed by atoms with Crippen LogP contribution in [0.25, 0.3) is 0 Å². The van der Waals surface area contributed by atoms with E-state index in [0.717, 1.165) is 49.3 Å². The van der Waals surface area contributed by atoms with Crippen LogP contribution in [0.1, 0.15) is 54.0 Å². The molecule has 0 aromatic heterocycles. The van der Waals surface area contributed by atoms with Crippen LogP contribution in [-0.2, 0) is 11.2 Å². The van der Waals surface area contributed by atoms with Crippen LogP contribution in [0, 0.1) is 13.8 Å². The molecule has 0 saturated carbocycles. The summed E-state index contributed by atoms with van der Waals surface area (Å²) in [5.41, 5.74) is 4.96. The van der Waals surface area contributed by atoms with Gasteiger partial charge in [-0.05, 0) is 61.9 Å². The highest BCUT2D eigenvalue weighted by molar-refractivity contribution is 5.77. The second kappa shape index (κ2) is 8.26. The zero-order valence-corrected chi connectivity index (χ0v) is 16.9. The Morgan fingerprint density at radius 2 is 1.86 bits per heavy atom. The van der Waals surface area contributed by atoms with Gasteiger partial charge in [-0.25, -0.2) is 0 Å². The second-order valence-electron chi connectivity index (χ2n) is 7.93. The number of rotatable bonds is 4. The maximum absolute atomic E-state index is 13.0. The first-order chi connectivity index (χ1) is 13.6. The Bertz CT molecular complexity index is 861. The smallest absolute Gasteiger partial charge is 0.223 e. The van der Waals surface area contributed by atoms with E-state index in [1.54, 1.807) is 0 Å². The number of hydrogen-bond acceptors (Lipinski definition) is 3. The third-order valence-corrected chi connectivity index (χ3v) is 5.84. The lowest BCUT2D eigenvalue weighted by atomic mass is 10.0. The van der Waals surface area contributed by atoms with Crippen molar-refractivity contribution in [3.63, 3.8) is 0 Å². The lowest BCUT2D eigenvalue weighted by Gasteiger charge is -2.26. The monoisotopic (exact) mass is 379 g/mol. The fourth-order valence-electron chi connectivity index (χ4n) is 4.31. The molecule has 4 nitrogen and oxygen atoms in total. The highest BCUT2D eigenvalue weighted by Crippen LogP contribution is 2.38. The van der Waals surface area contributed by atoms with Crippen molar-refractivity contribution in [1.82, 2.24) is 4.90 Å². The van der Waals surface area contributed by atoms with Crippen LogP contribution in [-0.4, -0.2) is 30.6 Å². The van der Waals surface area contributed by atoms with Crippen molar-refractivity contribution in [2.75, 3.05) is 19.8 Å². The first-order valence-electron chi connectivity index (χ1n) is 10.4. The summed E-state index contributed by atoms with van der Waals surface area (Å²) in [5.74, 6) is 1.87. The van der Waals surface area contributed by atoms with Gasteiger partial charge in [-0.2, -0.15) is 0 Å². The van der Waals surface area contributed by atoms with Crippen LogP contribution < -0.4 is 9.47 Å². The normalized spacial score (nSPS) is 18.8. The molecule has 0 N–H and O–H groups in total. The molecule has 2 aliphatic heterocycles. The van der Waals surface area contributed by atoms with Crippen molar-refractivity contribution >= 4 is 5.91 Å². The van der Waals surface area contributed by atoms with E-state index in [-0.39, 0.29) is 11.9 Å². The third kappa shape index (κ3) is 4.01. The number of fused-ring (bicyclic) bond motifs is 1. The number of benzene rings is 2. The number of carbonyl (C=O) groups is 1. The lowest BCUT2D eigenvalue weighted by molar-refractivity contribution is -0.132. The largest absolute Gasteiger partial charge is 0.490 e. The maximum atomic E-state index is 13.0. The quantitative estimate of drug-likeness (QED) is 0.769. The second-order valence-corrected chi connectivity index (χ2v) is 7.93. The van der Waals surface area contributed by atoms with Crippen molar-refractivity contribution in [3.05, 3.63) is 58.7 Å². The molecular formula is C24H29NO3.